The number of aromatic nitrogens is 3. The van der Waals surface area contributed by atoms with E-state index in [1.807, 2.05) is 30.3 Å². The maximum atomic E-state index is 14.3. The first-order chi connectivity index (χ1) is 18.5. The van der Waals surface area contributed by atoms with E-state index in [4.69, 9.17) is 16.3 Å². The van der Waals surface area contributed by atoms with Gasteiger partial charge in [0.1, 0.15) is 23.0 Å². The van der Waals surface area contributed by atoms with Gasteiger partial charge in [0.25, 0.3) is 5.91 Å². The number of ether oxygens (including phenoxy) is 1. The molecule has 10 heteroatoms. The van der Waals surface area contributed by atoms with Gasteiger partial charge in [-0.2, -0.15) is 5.10 Å². The summed E-state index contributed by atoms with van der Waals surface area (Å²) in [7, 11) is 0. The molecule has 4 aromatic rings. The van der Waals surface area contributed by atoms with Crippen LogP contribution in [0, 0.1) is 5.82 Å². The Kier molecular flexibility index (Phi) is 7.88. The molecular formula is C28H25ClFN5O3. The minimum atomic E-state index is -0.536. The largest absolute Gasteiger partial charge is 0.376 e. The number of carbonyl (C=O) groups excluding carboxylic acids is 2. The fourth-order valence-corrected chi connectivity index (χ4v) is 4.43. The van der Waals surface area contributed by atoms with Gasteiger partial charge in [0.05, 0.1) is 29.0 Å². The Morgan fingerprint density at radius 2 is 1.97 bits per heavy atom. The molecule has 0 saturated carbocycles. The van der Waals surface area contributed by atoms with Gasteiger partial charge in [0, 0.05) is 37.3 Å². The molecule has 2 N–H and O–H groups in total. The second-order valence-electron chi connectivity index (χ2n) is 8.80. The van der Waals surface area contributed by atoms with E-state index >= 15 is 0 Å². The summed E-state index contributed by atoms with van der Waals surface area (Å²) in [6.45, 7) is 2.13. The summed E-state index contributed by atoms with van der Waals surface area (Å²) in [5, 5.41) is 10.7. The number of halogens is 2. The number of para-hydroxylation sites is 1. The number of nitrogens with one attached hydrogen (secondary N) is 2. The first-order valence-corrected chi connectivity index (χ1v) is 12.6. The number of benzene rings is 2. The van der Waals surface area contributed by atoms with Crippen LogP contribution in [0.1, 0.15) is 33.7 Å². The molecule has 38 heavy (non-hydrogen) atoms. The van der Waals surface area contributed by atoms with E-state index in [9.17, 15) is 14.0 Å². The number of morpholine rings is 1. The van der Waals surface area contributed by atoms with Gasteiger partial charge in [-0.3, -0.25) is 14.6 Å². The number of carbonyl (C=O) groups is 2. The molecule has 0 unspecified atom stereocenters. The van der Waals surface area contributed by atoms with Crippen molar-refractivity contribution in [2.45, 2.75) is 18.9 Å². The lowest BCUT2D eigenvalue weighted by Crippen LogP contribution is -2.38. The van der Waals surface area contributed by atoms with Crippen LogP contribution in [-0.2, 0) is 4.74 Å². The van der Waals surface area contributed by atoms with Crippen molar-refractivity contribution in [2.24, 2.45) is 0 Å². The number of ketones is 1. The minimum absolute atomic E-state index is 0.0264. The lowest BCUT2D eigenvalue weighted by atomic mass is 10.1. The van der Waals surface area contributed by atoms with Crippen molar-refractivity contribution < 1.29 is 18.7 Å². The average molecular weight is 534 g/mol. The molecule has 1 saturated heterocycles. The van der Waals surface area contributed by atoms with Gasteiger partial charge in [-0.25, -0.2) is 9.07 Å². The molecular weight excluding hydrogens is 509 g/mol. The van der Waals surface area contributed by atoms with Gasteiger partial charge in [0.2, 0.25) is 0 Å². The molecule has 2 aromatic heterocycles. The van der Waals surface area contributed by atoms with E-state index < -0.39 is 11.7 Å². The number of hydrogen-bond donors (Lipinski definition) is 2. The fraction of sp³-hybridized carbons (Fsp3) is 0.214. The van der Waals surface area contributed by atoms with Crippen molar-refractivity contribution >= 4 is 29.1 Å². The van der Waals surface area contributed by atoms with Crippen LogP contribution in [0.2, 0.25) is 5.02 Å². The first kappa shape index (κ1) is 25.7. The van der Waals surface area contributed by atoms with Crippen LogP contribution in [0.4, 0.5) is 10.2 Å². The molecule has 5 rings (SSSR count). The predicted molar refractivity (Wildman–Crippen MR) is 142 cm³/mol. The third-order valence-corrected chi connectivity index (χ3v) is 6.51. The summed E-state index contributed by atoms with van der Waals surface area (Å²) in [6, 6.07) is 18.1. The fourth-order valence-electron chi connectivity index (χ4n) is 4.23. The molecule has 0 radical (unpaired) electrons. The summed E-state index contributed by atoms with van der Waals surface area (Å²) in [4.78, 5) is 30.4. The van der Waals surface area contributed by atoms with Crippen molar-refractivity contribution in [2.75, 3.05) is 25.0 Å². The minimum Gasteiger partial charge on any atom is -0.376 e. The molecule has 1 amide bonds. The molecule has 0 spiro atoms. The van der Waals surface area contributed by atoms with Crippen LogP contribution < -0.4 is 10.6 Å². The highest BCUT2D eigenvalue weighted by atomic mass is 35.5. The van der Waals surface area contributed by atoms with E-state index in [2.05, 4.69) is 20.7 Å². The topological polar surface area (TPSA) is 98.1 Å². The van der Waals surface area contributed by atoms with Crippen molar-refractivity contribution in [3.05, 3.63) is 95.0 Å². The van der Waals surface area contributed by atoms with Crippen LogP contribution in [0.15, 0.2) is 72.9 Å². The lowest BCUT2D eigenvalue weighted by Gasteiger charge is -2.23. The number of Topliss-reactive ketones (excluding diaryl/α,β-unsaturated/α-hetero) is 1. The highest BCUT2D eigenvalue weighted by Gasteiger charge is 2.21. The molecule has 3 heterocycles. The zero-order chi connectivity index (χ0) is 26.5. The van der Waals surface area contributed by atoms with Crippen LogP contribution in [0.5, 0.6) is 0 Å². The van der Waals surface area contributed by atoms with Gasteiger partial charge in [-0.05, 0) is 42.8 Å². The van der Waals surface area contributed by atoms with Crippen LogP contribution in [0.3, 0.4) is 0 Å². The van der Waals surface area contributed by atoms with Gasteiger partial charge < -0.3 is 15.4 Å². The summed E-state index contributed by atoms with van der Waals surface area (Å²) < 4.78 is 21.5. The number of rotatable bonds is 8. The number of anilines is 1. The van der Waals surface area contributed by atoms with E-state index in [1.165, 1.54) is 35.1 Å². The molecule has 1 aliphatic heterocycles. The molecule has 0 bridgehead atoms. The monoisotopic (exact) mass is 533 g/mol. The normalized spacial score (nSPS) is 15.3. The van der Waals surface area contributed by atoms with E-state index in [1.54, 1.807) is 12.1 Å². The van der Waals surface area contributed by atoms with Crippen LogP contribution >= 0.6 is 11.6 Å². The van der Waals surface area contributed by atoms with Gasteiger partial charge in [-0.15, -0.1) is 0 Å². The predicted octanol–water partition coefficient (Wildman–Crippen LogP) is 4.93. The molecule has 1 aliphatic rings. The van der Waals surface area contributed by atoms with Gasteiger partial charge >= 0.3 is 0 Å². The number of amides is 1. The third kappa shape index (κ3) is 5.80. The lowest BCUT2D eigenvalue weighted by molar-refractivity contribution is 0.0224. The first-order valence-electron chi connectivity index (χ1n) is 12.2. The highest BCUT2D eigenvalue weighted by Crippen LogP contribution is 2.27. The molecule has 194 valence electrons. The maximum Gasteiger partial charge on any atom is 0.258 e. The zero-order valence-electron chi connectivity index (χ0n) is 20.4. The Balaban J connectivity index is 1.41. The Morgan fingerprint density at radius 1 is 1.13 bits per heavy atom. The smallest absolute Gasteiger partial charge is 0.258 e. The molecule has 1 atom stereocenters. The Bertz CT molecular complexity index is 1450. The quantitative estimate of drug-likeness (QED) is 0.312. The SMILES string of the molecule is O=C(CC[C@H]1CNCCO1)c1cc(NC(=O)c2cc(-c3ncccc3F)ccc2Cl)n(-c2ccccc2)n1. The summed E-state index contributed by atoms with van der Waals surface area (Å²) in [5.41, 5.74) is 1.53. The molecule has 0 aliphatic carbocycles. The van der Waals surface area contributed by atoms with Crippen molar-refractivity contribution in [3.8, 4) is 16.9 Å². The Hall–Kier alpha value is -3.92. The van der Waals surface area contributed by atoms with Crippen LogP contribution in [0.25, 0.3) is 16.9 Å². The summed E-state index contributed by atoms with van der Waals surface area (Å²) in [5.74, 6) is -0.910. The van der Waals surface area contributed by atoms with E-state index in [-0.39, 0.29) is 40.3 Å². The summed E-state index contributed by atoms with van der Waals surface area (Å²) >= 11 is 6.34. The standard InChI is InChI=1S/C28H25ClFN5O3/c29-22-10-8-18(27-23(30)7-4-12-32-27)15-21(22)28(37)33-26-16-24(34-35(26)19-5-2-1-3-6-19)25(36)11-9-20-17-31-13-14-38-20/h1-8,10,12,15-16,20,31H,9,11,13-14,17H2,(H,33,37)/t20-/m0/s1. The highest BCUT2D eigenvalue weighted by molar-refractivity contribution is 6.34. The molecule has 2 aromatic carbocycles. The molecule has 8 nitrogen and oxygen atoms in total. The van der Waals surface area contributed by atoms with Crippen molar-refractivity contribution in [1.29, 1.82) is 0 Å². The second kappa shape index (κ2) is 11.6. The summed E-state index contributed by atoms with van der Waals surface area (Å²) in [6.07, 6.45) is 2.27. The number of pyridine rings is 1. The maximum absolute atomic E-state index is 14.3. The Morgan fingerprint density at radius 3 is 2.74 bits per heavy atom. The molecule has 1 fully saturated rings. The van der Waals surface area contributed by atoms with Gasteiger partial charge in [-0.1, -0.05) is 35.9 Å². The van der Waals surface area contributed by atoms with Gasteiger partial charge in [0.15, 0.2) is 5.78 Å². The van der Waals surface area contributed by atoms with Crippen molar-refractivity contribution in [3.63, 3.8) is 0 Å². The van der Waals surface area contributed by atoms with Crippen molar-refractivity contribution in [1.82, 2.24) is 20.1 Å². The van der Waals surface area contributed by atoms with E-state index in [0.717, 1.165) is 6.54 Å². The average Bonchev–Trinajstić information content (AvgIpc) is 3.37. The zero-order valence-corrected chi connectivity index (χ0v) is 21.1. The van der Waals surface area contributed by atoms with E-state index in [0.29, 0.717) is 36.6 Å². The Labute approximate surface area is 223 Å². The van der Waals surface area contributed by atoms with Crippen LogP contribution in [-0.4, -0.2) is 52.3 Å². The second-order valence-corrected chi connectivity index (χ2v) is 9.21. The third-order valence-electron chi connectivity index (χ3n) is 6.18. The number of nitrogens with zero attached hydrogens (tertiary/aromatic N) is 3. The number of hydrogen-bond acceptors (Lipinski definition) is 6.